The minimum absolute atomic E-state index is 0. The summed E-state index contributed by atoms with van der Waals surface area (Å²) in [5, 5.41) is 9.38. The Balaban J connectivity index is 0. The van der Waals surface area contributed by atoms with Crippen LogP contribution < -0.4 is 0 Å². The van der Waals surface area contributed by atoms with E-state index in [1.807, 2.05) is 6.92 Å². The first kappa shape index (κ1) is 16.1. The quantitative estimate of drug-likeness (QED) is 0.455. The summed E-state index contributed by atoms with van der Waals surface area (Å²) >= 11 is 0. The van der Waals surface area contributed by atoms with Gasteiger partial charge in [0, 0.05) is 35.7 Å². The molecule has 0 rings (SSSR count). The van der Waals surface area contributed by atoms with E-state index in [2.05, 4.69) is 0 Å². The molecule has 4 heteroatoms. The Kier molecular flexibility index (Phi) is 9.26. The van der Waals surface area contributed by atoms with Crippen molar-refractivity contribution in [1.82, 2.24) is 0 Å². The van der Waals surface area contributed by atoms with E-state index in [0.717, 1.165) is 0 Å². The monoisotopic (exact) mass is 241 g/mol. The topological polar surface area (TPSA) is 46.5 Å². The number of aliphatic hydroxyl groups excluding tert-OH is 1. The van der Waals surface area contributed by atoms with E-state index < -0.39 is 6.10 Å². The van der Waals surface area contributed by atoms with Gasteiger partial charge < -0.3 is 9.84 Å². The second-order valence-electron chi connectivity index (χ2n) is 3.22. The van der Waals surface area contributed by atoms with Crippen LogP contribution in [0.2, 0.25) is 0 Å². The van der Waals surface area contributed by atoms with Gasteiger partial charge in [-0.05, 0) is 13.8 Å². The Bertz CT molecular complexity index is 200. The number of ketones is 1. The Hall–Kier alpha value is -0.311. The SMILES string of the molecule is CCOC(C)/C(O)=C/C(=O)C(C)C.[Mn]. The standard InChI is InChI=1S/C10H18O3.Mn/c1-5-13-8(4)10(12)6-9(11)7(2)3;/h6-8,12H,5H2,1-4H3;/b10-6-;. The molecule has 0 aliphatic heterocycles. The van der Waals surface area contributed by atoms with E-state index in [9.17, 15) is 9.90 Å². The minimum atomic E-state index is -0.396. The Morgan fingerprint density at radius 2 is 1.93 bits per heavy atom. The van der Waals surface area contributed by atoms with Gasteiger partial charge in [-0.1, -0.05) is 13.8 Å². The molecule has 14 heavy (non-hydrogen) atoms. The van der Waals surface area contributed by atoms with Crippen molar-refractivity contribution in [1.29, 1.82) is 0 Å². The summed E-state index contributed by atoms with van der Waals surface area (Å²) in [6, 6.07) is 0. The molecule has 1 N–H and O–H groups in total. The number of rotatable bonds is 5. The summed E-state index contributed by atoms with van der Waals surface area (Å²) in [6.07, 6.45) is 0.845. The molecule has 0 heterocycles. The third-order valence-electron chi connectivity index (χ3n) is 1.69. The zero-order valence-electron chi connectivity index (χ0n) is 9.08. The van der Waals surface area contributed by atoms with Gasteiger partial charge in [0.1, 0.15) is 11.9 Å². The van der Waals surface area contributed by atoms with Gasteiger partial charge >= 0.3 is 0 Å². The van der Waals surface area contributed by atoms with E-state index in [1.54, 1.807) is 20.8 Å². The van der Waals surface area contributed by atoms with Crippen molar-refractivity contribution in [2.24, 2.45) is 5.92 Å². The molecule has 0 saturated heterocycles. The van der Waals surface area contributed by atoms with E-state index in [1.165, 1.54) is 6.08 Å². The predicted octanol–water partition coefficient (Wildman–Crippen LogP) is 2.08. The minimum Gasteiger partial charge on any atom is -0.509 e. The second kappa shape index (κ2) is 8.04. The van der Waals surface area contributed by atoms with Gasteiger partial charge in [0.2, 0.25) is 0 Å². The normalized spacial score (nSPS) is 13.6. The molecule has 1 radical (unpaired) electrons. The molecular weight excluding hydrogens is 223 g/mol. The fourth-order valence-electron chi connectivity index (χ4n) is 0.765. The first-order valence-corrected chi connectivity index (χ1v) is 4.55. The van der Waals surface area contributed by atoms with Crippen LogP contribution in [0, 0.1) is 5.92 Å². The van der Waals surface area contributed by atoms with Crippen molar-refractivity contribution in [2.75, 3.05) is 6.61 Å². The number of carbonyl (C=O) groups is 1. The molecule has 3 nitrogen and oxygen atoms in total. The van der Waals surface area contributed by atoms with Crippen molar-refractivity contribution >= 4 is 5.78 Å². The average molecular weight is 241 g/mol. The van der Waals surface area contributed by atoms with Crippen LogP contribution in [0.4, 0.5) is 0 Å². The fourth-order valence-corrected chi connectivity index (χ4v) is 0.765. The van der Waals surface area contributed by atoms with E-state index in [4.69, 9.17) is 4.74 Å². The molecular formula is C10H18MnO3. The van der Waals surface area contributed by atoms with E-state index in [-0.39, 0.29) is 34.5 Å². The van der Waals surface area contributed by atoms with Crippen LogP contribution in [0.25, 0.3) is 0 Å². The third kappa shape index (κ3) is 6.19. The maximum absolute atomic E-state index is 11.2. The summed E-state index contributed by atoms with van der Waals surface area (Å²) in [5.41, 5.74) is 0. The second-order valence-corrected chi connectivity index (χ2v) is 3.22. The van der Waals surface area contributed by atoms with Gasteiger partial charge in [-0.2, -0.15) is 0 Å². The molecule has 0 amide bonds. The maximum atomic E-state index is 11.2. The fraction of sp³-hybridized carbons (Fsp3) is 0.700. The van der Waals surface area contributed by atoms with Crippen LogP contribution in [0.15, 0.2) is 11.8 Å². The number of ether oxygens (including phenoxy) is 1. The van der Waals surface area contributed by atoms with Crippen LogP contribution in [-0.4, -0.2) is 23.6 Å². The van der Waals surface area contributed by atoms with Crippen molar-refractivity contribution in [3.8, 4) is 0 Å². The largest absolute Gasteiger partial charge is 0.509 e. The van der Waals surface area contributed by atoms with Crippen molar-refractivity contribution in [3.63, 3.8) is 0 Å². The van der Waals surface area contributed by atoms with Crippen LogP contribution in [-0.2, 0) is 26.6 Å². The first-order chi connectivity index (χ1) is 5.99. The van der Waals surface area contributed by atoms with Gasteiger partial charge in [-0.3, -0.25) is 4.79 Å². The number of allylic oxidation sites excluding steroid dienone is 1. The molecule has 0 aliphatic rings. The number of carbonyl (C=O) groups excluding carboxylic acids is 1. The van der Waals surface area contributed by atoms with Gasteiger partial charge in [0.05, 0.1) is 0 Å². The summed E-state index contributed by atoms with van der Waals surface area (Å²) in [7, 11) is 0. The van der Waals surface area contributed by atoms with Crippen molar-refractivity contribution < 1.29 is 31.7 Å². The molecule has 1 unspecified atom stereocenters. The third-order valence-corrected chi connectivity index (χ3v) is 1.69. The zero-order valence-corrected chi connectivity index (χ0v) is 10.3. The van der Waals surface area contributed by atoms with Gasteiger partial charge in [0.25, 0.3) is 0 Å². The van der Waals surface area contributed by atoms with Crippen LogP contribution in [0.3, 0.4) is 0 Å². The summed E-state index contributed by atoms with van der Waals surface area (Å²) < 4.78 is 5.11. The Labute approximate surface area is 96.0 Å². The summed E-state index contributed by atoms with van der Waals surface area (Å²) in [6.45, 7) is 7.65. The Morgan fingerprint density at radius 1 is 1.43 bits per heavy atom. The molecule has 1 atom stereocenters. The number of aliphatic hydroxyl groups is 1. The van der Waals surface area contributed by atoms with Crippen molar-refractivity contribution in [3.05, 3.63) is 11.8 Å². The van der Waals surface area contributed by atoms with Crippen molar-refractivity contribution in [2.45, 2.75) is 33.8 Å². The molecule has 0 aliphatic carbocycles. The molecule has 83 valence electrons. The average Bonchev–Trinajstić information content (AvgIpc) is 2.04. The number of hydrogen-bond acceptors (Lipinski definition) is 3. The molecule has 0 saturated carbocycles. The van der Waals surface area contributed by atoms with E-state index >= 15 is 0 Å². The van der Waals surface area contributed by atoms with Crippen LogP contribution >= 0.6 is 0 Å². The summed E-state index contributed by atoms with van der Waals surface area (Å²) in [5.74, 6) is -0.166. The molecule has 0 aromatic carbocycles. The molecule has 0 bridgehead atoms. The number of hydrogen-bond donors (Lipinski definition) is 1. The predicted molar refractivity (Wildman–Crippen MR) is 51.6 cm³/mol. The maximum Gasteiger partial charge on any atom is 0.161 e. The van der Waals surface area contributed by atoms with Gasteiger partial charge in [0.15, 0.2) is 5.78 Å². The van der Waals surface area contributed by atoms with Gasteiger partial charge in [-0.15, -0.1) is 0 Å². The first-order valence-electron chi connectivity index (χ1n) is 4.55. The molecule has 0 spiro atoms. The van der Waals surface area contributed by atoms with Gasteiger partial charge in [-0.25, -0.2) is 0 Å². The molecule has 0 aromatic heterocycles. The summed E-state index contributed by atoms with van der Waals surface area (Å²) in [4.78, 5) is 11.2. The molecule has 0 fully saturated rings. The van der Waals surface area contributed by atoms with Crippen LogP contribution in [0.5, 0.6) is 0 Å². The van der Waals surface area contributed by atoms with Crippen LogP contribution in [0.1, 0.15) is 27.7 Å². The zero-order chi connectivity index (χ0) is 10.4. The van der Waals surface area contributed by atoms with E-state index in [0.29, 0.717) is 6.61 Å². The Morgan fingerprint density at radius 3 is 2.29 bits per heavy atom. The smallest absolute Gasteiger partial charge is 0.161 e. The molecule has 0 aromatic rings.